The average Bonchev–Trinajstić information content (AvgIpc) is 2.46. The first-order valence-electron chi connectivity index (χ1n) is 7.44. The molecule has 2 N–H and O–H groups in total. The molecule has 1 heterocycles. The first-order chi connectivity index (χ1) is 10.3. The lowest BCUT2D eigenvalue weighted by molar-refractivity contribution is 0.0939. The maximum atomic E-state index is 12.4. The summed E-state index contributed by atoms with van der Waals surface area (Å²) in [6.07, 6.45) is 3.31. The summed E-state index contributed by atoms with van der Waals surface area (Å²) in [6.45, 7) is 8.17. The van der Waals surface area contributed by atoms with Gasteiger partial charge in [-0.2, -0.15) is 0 Å². The van der Waals surface area contributed by atoms with E-state index in [2.05, 4.69) is 36.4 Å². The minimum atomic E-state index is -0.124. The lowest BCUT2D eigenvalue weighted by atomic mass is 10.1. The van der Waals surface area contributed by atoms with Crippen LogP contribution in [0.3, 0.4) is 0 Å². The third-order valence-electron chi connectivity index (χ3n) is 3.17. The minimum absolute atomic E-state index is 0.0482. The number of nitrogens with zero attached hydrogens (tertiary/aromatic N) is 1. The van der Waals surface area contributed by atoms with Gasteiger partial charge in [-0.3, -0.25) is 9.78 Å². The van der Waals surface area contributed by atoms with Crippen LogP contribution in [0.2, 0.25) is 0 Å². The second-order valence-electron chi connectivity index (χ2n) is 6.44. The Morgan fingerprint density at radius 3 is 2.45 bits per heavy atom. The molecular weight excluding hydrogens is 274 g/mol. The third kappa shape index (κ3) is 4.58. The van der Waals surface area contributed by atoms with Gasteiger partial charge in [0.2, 0.25) is 0 Å². The summed E-state index contributed by atoms with van der Waals surface area (Å²) in [5.41, 5.74) is 2.39. The van der Waals surface area contributed by atoms with Crippen LogP contribution >= 0.6 is 0 Å². The molecule has 0 aliphatic carbocycles. The van der Waals surface area contributed by atoms with Crippen LogP contribution in [-0.2, 0) is 0 Å². The van der Waals surface area contributed by atoms with Gasteiger partial charge in [0.15, 0.2) is 0 Å². The Balaban J connectivity index is 2.08. The number of benzene rings is 1. The fourth-order valence-electron chi connectivity index (χ4n) is 2.17. The van der Waals surface area contributed by atoms with Gasteiger partial charge in [-0.1, -0.05) is 30.3 Å². The minimum Gasteiger partial charge on any atom is -0.379 e. The van der Waals surface area contributed by atoms with Crippen molar-refractivity contribution >= 4 is 11.6 Å². The largest absolute Gasteiger partial charge is 0.379 e. The van der Waals surface area contributed by atoms with E-state index in [0.717, 1.165) is 11.3 Å². The van der Waals surface area contributed by atoms with Gasteiger partial charge in [0.1, 0.15) is 0 Å². The zero-order valence-corrected chi connectivity index (χ0v) is 13.6. The average molecular weight is 297 g/mol. The highest BCUT2D eigenvalue weighted by Gasteiger charge is 2.14. The molecule has 1 aromatic heterocycles. The van der Waals surface area contributed by atoms with Crippen LogP contribution < -0.4 is 10.6 Å². The Hall–Kier alpha value is -2.36. The molecule has 1 unspecified atom stereocenters. The van der Waals surface area contributed by atoms with Crippen molar-refractivity contribution in [2.45, 2.75) is 39.3 Å². The topological polar surface area (TPSA) is 54.0 Å². The van der Waals surface area contributed by atoms with Crippen molar-refractivity contribution < 1.29 is 4.79 Å². The van der Waals surface area contributed by atoms with Crippen molar-refractivity contribution in [2.24, 2.45) is 0 Å². The number of carbonyl (C=O) groups is 1. The monoisotopic (exact) mass is 297 g/mol. The summed E-state index contributed by atoms with van der Waals surface area (Å²) in [7, 11) is 0. The van der Waals surface area contributed by atoms with Gasteiger partial charge in [0, 0.05) is 17.9 Å². The second kappa shape index (κ2) is 6.60. The predicted molar refractivity (Wildman–Crippen MR) is 89.9 cm³/mol. The van der Waals surface area contributed by atoms with E-state index in [0.29, 0.717) is 5.56 Å². The van der Waals surface area contributed by atoms with Crippen LogP contribution in [0.5, 0.6) is 0 Å². The molecule has 0 saturated carbocycles. The molecule has 2 aromatic rings. The van der Waals surface area contributed by atoms with E-state index in [1.54, 1.807) is 12.4 Å². The number of amides is 1. The first kappa shape index (κ1) is 16.0. The lowest BCUT2D eigenvalue weighted by Gasteiger charge is -2.22. The Morgan fingerprint density at radius 2 is 1.82 bits per heavy atom. The van der Waals surface area contributed by atoms with Crippen molar-refractivity contribution in [3.8, 4) is 0 Å². The van der Waals surface area contributed by atoms with Crippen LogP contribution in [0.15, 0.2) is 48.8 Å². The second-order valence-corrected chi connectivity index (χ2v) is 6.44. The van der Waals surface area contributed by atoms with Crippen LogP contribution in [0.1, 0.15) is 49.7 Å². The maximum Gasteiger partial charge on any atom is 0.253 e. The van der Waals surface area contributed by atoms with Gasteiger partial charge in [-0.25, -0.2) is 0 Å². The standard InChI is InChI=1S/C18H23N3O/c1-13(14-8-6-5-7-9-14)20-17(22)15-10-16(12-19-11-15)21-18(2,3)4/h5-13,21H,1-4H3,(H,20,22). The Kier molecular flexibility index (Phi) is 4.81. The Morgan fingerprint density at radius 1 is 1.14 bits per heavy atom. The molecule has 0 aliphatic heterocycles. The Labute approximate surface area is 132 Å². The number of nitrogens with one attached hydrogen (secondary N) is 2. The zero-order chi connectivity index (χ0) is 16.2. The number of hydrogen-bond donors (Lipinski definition) is 2. The van der Waals surface area contributed by atoms with Crippen LogP contribution in [0, 0.1) is 0 Å². The Bertz CT molecular complexity index is 632. The van der Waals surface area contributed by atoms with Gasteiger partial charge in [0.25, 0.3) is 5.91 Å². The van der Waals surface area contributed by atoms with Crippen molar-refractivity contribution in [1.82, 2.24) is 10.3 Å². The molecule has 22 heavy (non-hydrogen) atoms. The van der Waals surface area contributed by atoms with Crippen molar-refractivity contribution in [1.29, 1.82) is 0 Å². The molecule has 0 aliphatic rings. The highest BCUT2D eigenvalue weighted by Crippen LogP contribution is 2.16. The molecule has 0 spiro atoms. The summed E-state index contributed by atoms with van der Waals surface area (Å²) in [5, 5.41) is 6.31. The molecule has 0 radical (unpaired) electrons. The normalized spacial score (nSPS) is 12.5. The van der Waals surface area contributed by atoms with Crippen molar-refractivity contribution in [3.63, 3.8) is 0 Å². The van der Waals surface area contributed by atoms with Gasteiger partial charge in [0.05, 0.1) is 17.3 Å². The number of aromatic nitrogens is 1. The molecule has 0 saturated heterocycles. The molecule has 4 heteroatoms. The van der Waals surface area contributed by atoms with Gasteiger partial charge in [-0.15, -0.1) is 0 Å². The lowest BCUT2D eigenvalue weighted by Crippen LogP contribution is -2.28. The van der Waals surface area contributed by atoms with Crippen LogP contribution in [0.25, 0.3) is 0 Å². The summed E-state index contributed by atoms with van der Waals surface area (Å²) in [5.74, 6) is -0.124. The van der Waals surface area contributed by atoms with E-state index < -0.39 is 0 Å². The van der Waals surface area contributed by atoms with E-state index in [-0.39, 0.29) is 17.5 Å². The predicted octanol–water partition coefficient (Wildman–Crippen LogP) is 3.78. The number of rotatable bonds is 4. The molecule has 1 atom stereocenters. The fourth-order valence-corrected chi connectivity index (χ4v) is 2.17. The smallest absolute Gasteiger partial charge is 0.253 e. The van der Waals surface area contributed by atoms with E-state index >= 15 is 0 Å². The van der Waals surface area contributed by atoms with E-state index in [4.69, 9.17) is 0 Å². The molecule has 4 nitrogen and oxygen atoms in total. The van der Waals surface area contributed by atoms with Gasteiger partial charge >= 0.3 is 0 Å². The van der Waals surface area contributed by atoms with E-state index in [1.165, 1.54) is 0 Å². The van der Waals surface area contributed by atoms with E-state index in [9.17, 15) is 4.79 Å². The molecule has 116 valence electrons. The molecule has 1 aromatic carbocycles. The van der Waals surface area contributed by atoms with Crippen molar-refractivity contribution in [3.05, 3.63) is 59.9 Å². The summed E-state index contributed by atoms with van der Waals surface area (Å²) in [6, 6.07) is 11.7. The molecule has 2 rings (SSSR count). The maximum absolute atomic E-state index is 12.4. The SMILES string of the molecule is CC(NC(=O)c1cncc(NC(C)(C)C)c1)c1ccccc1. The van der Waals surface area contributed by atoms with E-state index in [1.807, 2.05) is 43.3 Å². The van der Waals surface area contributed by atoms with Crippen LogP contribution in [-0.4, -0.2) is 16.4 Å². The third-order valence-corrected chi connectivity index (χ3v) is 3.17. The molecule has 1 amide bonds. The van der Waals surface area contributed by atoms with Gasteiger partial charge < -0.3 is 10.6 Å². The highest BCUT2D eigenvalue weighted by molar-refractivity contribution is 5.95. The first-order valence-corrected chi connectivity index (χ1v) is 7.44. The van der Waals surface area contributed by atoms with Gasteiger partial charge in [-0.05, 0) is 39.3 Å². The van der Waals surface area contributed by atoms with Crippen LogP contribution in [0.4, 0.5) is 5.69 Å². The fraction of sp³-hybridized carbons (Fsp3) is 0.333. The number of carbonyl (C=O) groups excluding carboxylic acids is 1. The molecule has 0 fully saturated rings. The molecule has 0 bridgehead atoms. The summed E-state index contributed by atoms with van der Waals surface area (Å²) >= 11 is 0. The highest BCUT2D eigenvalue weighted by atomic mass is 16.1. The quantitative estimate of drug-likeness (QED) is 0.903. The number of hydrogen-bond acceptors (Lipinski definition) is 3. The zero-order valence-electron chi connectivity index (χ0n) is 13.6. The number of anilines is 1. The summed E-state index contributed by atoms with van der Waals surface area (Å²) in [4.78, 5) is 16.5. The number of pyridine rings is 1. The van der Waals surface area contributed by atoms with Crippen molar-refractivity contribution in [2.75, 3.05) is 5.32 Å². The summed E-state index contributed by atoms with van der Waals surface area (Å²) < 4.78 is 0. The molecular formula is C18H23N3O.